The Balaban J connectivity index is 1.67. The van der Waals surface area contributed by atoms with Gasteiger partial charge in [0.15, 0.2) is 0 Å². The summed E-state index contributed by atoms with van der Waals surface area (Å²) in [5, 5.41) is 3.28. The van der Waals surface area contributed by atoms with Gasteiger partial charge in [0.05, 0.1) is 21.7 Å². The van der Waals surface area contributed by atoms with Crippen LogP contribution in [0.2, 0.25) is 10.0 Å². The molecule has 0 bridgehead atoms. The molecule has 0 radical (unpaired) electrons. The number of hydrogen-bond donors (Lipinski definition) is 1. The fourth-order valence-electron chi connectivity index (χ4n) is 3.49. The topological polar surface area (TPSA) is 75.7 Å². The first kappa shape index (κ1) is 23.9. The number of nitrogens with zero attached hydrogens (tertiary/aromatic N) is 1. The molecule has 1 amide bonds. The SMILES string of the molecule is O=C(CN(c1ccc(Cl)cc1Cl)S(=O)(=O)c1ccccc1)NCCCOC1CCCC1. The van der Waals surface area contributed by atoms with Crippen molar-refractivity contribution in [2.24, 2.45) is 0 Å². The van der Waals surface area contributed by atoms with Gasteiger partial charge in [-0.3, -0.25) is 9.10 Å². The minimum Gasteiger partial charge on any atom is -0.378 e. The van der Waals surface area contributed by atoms with E-state index in [1.165, 1.54) is 43.2 Å². The van der Waals surface area contributed by atoms with Gasteiger partial charge in [0, 0.05) is 18.2 Å². The Hall–Kier alpha value is -1.80. The number of rotatable bonds is 10. The summed E-state index contributed by atoms with van der Waals surface area (Å²) in [7, 11) is -4.01. The molecule has 0 heterocycles. The maximum atomic E-state index is 13.3. The molecule has 1 N–H and O–H groups in total. The van der Waals surface area contributed by atoms with Crippen LogP contribution in [0, 0.1) is 0 Å². The van der Waals surface area contributed by atoms with Crippen molar-refractivity contribution in [1.29, 1.82) is 0 Å². The second kappa shape index (κ2) is 11.2. The van der Waals surface area contributed by atoms with E-state index in [-0.39, 0.29) is 15.6 Å². The van der Waals surface area contributed by atoms with E-state index >= 15 is 0 Å². The number of benzene rings is 2. The molecule has 1 saturated carbocycles. The van der Waals surface area contributed by atoms with E-state index in [4.69, 9.17) is 27.9 Å². The average Bonchev–Trinajstić information content (AvgIpc) is 3.26. The molecular weight excluding hydrogens is 459 g/mol. The molecule has 6 nitrogen and oxygen atoms in total. The quantitative estimate of drug-likeness (QED) is 0.497. The van der Waals surface area contributed by atoms with Crippen molar-refractivity contribution in [3.8, 4) is 0 Å². The van der Waals surface area contributed by atoms with E-state index in [9.17, 15) is 13.2 Å². The van der Waals surface area contributed by atoms with Crippen molar-refractivity contribution in [1.82, 2.24) is 5.32 Å². The van der Waals surface area contributed by atoms with E-state index in [0.717, 1.165) is 17.1 Å². The number of anilines is 1. The Bertz CT molecular complexity index is 980. The third-order valence-corrected chi connectivity index (χ3v) is 7.41. The number of halogens is 2. The Kier molecular flexibility index (Phi) is 8.60. The minimum absolute atomic E-state index is 0.0683. The predicted octanol–water partition coefficient (Wildman–Crippen LogP) is 4.65. The van der Waals surface area contributed by atoms with Crippen molar-refractivity contribution in [2.75, 3.05) is 24.0 Å². The highest BCUT2D eigenvalue weighted by Crippen LogP contribution is 2.32. The van der Waals surface area contributed by atoms with Gasteiger partial charge in [-0.15, -0.1) is 0 Å². The zero-order chi connectivity index (χ0) is 22.3. The molecule has 3 rings (SSSR count). The van der Waals surface area contributed by atoms with Crippen LogP contribution >= 0.6 is 23.2 Å². The van der Waals surface area contributed by atoms with Gasteiger partial charge in [-0.1, -0.05) is 54.2 Å². The van der Waals surface area contributed by atoms with Crippen LogP contribution in [-0.2, 0) is 19.6 Å². The fourth-order valence-corrected chi connectivity index (χ4v) is 5.52. The molecule has 0 unspecified atom stereocenters. The van der Waals surface area contributed by atoms with Gasteiger partial charge in [0.25, 0.3) is 10.0 Å². The second-order valence-electron chi connectivity index (χ2n) is 7.40. The van der Waals surface area contributed by atoms with Crippen molar-refractivity contribution >= 4 is 44.8 Å². The van der Waals surface area contributed by atoms with Gasteiger partial charge in [-0.25, -0.2) is 8.42 Å². The highest BCUT2D eigenvalue weighted by Gasteiger charge is 2.28. The summed E-state index contributed by atoms with van der Waals surface area (Å²) in [4.78, 5) is 12.6. The van der Waals surface area contributed by atoms with E-state index in [1.807, 2.05) is 0 Å². The van der Waals surface area contributed by atoms with Crippen LogP contribution in [0.5, 0.6) is 0 Å². The first-order valence-corrected chi connectivity index (χ1v) is 12.5. The van der Waals surface area contributed by atoms with Crippen LogP contribution in [0.25, 0.3) is 0 Å². The van der Waals surface area contributed by atoms with Gasteiger partial charge < -0.3 is 10.1 Å². The Morgan fingerprint density at radius 1 is 1.10 bits per heavy atom. The molecule has 168 valence electrons. The van der Waals surface area contributed by atoms with E-state index in [0.29, 0.717) is 30.7 Å². The second-order valence-corrected chi connectivity index (χ2v) is 10.1. The number of hydrogen-bond acceptors (Lipinski definition) is 4. The van der Waals surface area contributed by atoms with Gasteiger partial charge in [-0.2, -0.15) is 0 Å². The monoisotopic (exact) mass is 484 g/mol. The molecule has 2 aromatic rings. The Labute approximate surface area is 193 Å². The van der Waals surface area contributed by atoms with Crippen LogP contribution in [0.4, 0.5) is 5.69 Å². The minimum atomic E-state index is -4.01. The van der Waals surface area contributed by atoms with Crippen LogP contribution in [0.15, 0.2) is 53.4 Å². The maximum Gasteiger partial charge on any atom is 0.264 e. The van der Waals surface area contributed by atoms with Crippen LogP contribution in [0.3, 0.4) is 0 Å². The summed E-state index contributed by atoms with van der Waals surface area (Å²) < 4.78 is 33.3. The van der Waals surface area contributed by atoms with E-state index < -0.39 is 22.5 Å². The smallest absolute Gasteiger partial charge is 0.264 e. The summed E-state index contributed by atoms with van der Waals surface area (Å²) >= 11 is 12.2. The first-order chi connectivity index (χ1) is 14.9. The standard InChI is InChI=1S/C22H26Cl2N2O4S/c23-17-11-12-21(20(24)15-17)26(31(28,29)19-9-2-1-3-10-19)16-22(27)25-13-6-14-30-18-7-4-5-8-18/h1-3,9-12,15,18H,4-8,13-14,16H2,(H,25,27). The van der Waals surface area contributed by atoms with Gasteiger partial charge in [0.1, 0.15) is 6.54 Å². The number of carbonyl (C=O) groups is 1. The number of amides is 1. The molecule has 0 aromatic heterocycles. The normalized spacial score (nSPS) is 14.5. The highest BCUT2D eigenvalue weighted by atomic mass is 35.5. The van der Waals surface area contributed by atoms with Crippen molar-refractivity contribution < 1.29 is 17.9 Å². The van der Waals surface area contributed by atoms with E-state index in [2.05, 4.69) is 5.32 Å². The number of sulfonamides is 1. The first-order valence-electron chi connectivity index (χ1n) is 10.3. The van der Waals surface area contributed by atoms with Gasteiger partial charge in [0.2, 0.25) is 5.91 Å². The molecule has 31 heavy (non-hydrogen) atoms. The van der Waals surface area contributed by atoms with Crippen molar-refractivity contribution in [3.63, 3.8) is 0 Å². The summed E-state index contributed by atoms with van der Waals surface area (Å²) in [6, 6.07) is 12.4. The molecule has 0 atom stereocenters. The molecule has 1 fully saturated rings. The van der Waals surface area contributed by atoms with E-state index in [1.54, 1.807) is 18.2 Å². The largest absolute Gasteiger partial charge is 0.378 e. The van der Waals surface area contributed by atoms with Gasteiger partial charge >= 0.3 is 0 Å². The number of carbonyl (C=O) groups excluding carboxylic acids is 1. The number of nitrogens with one attached hydrogen (secondary N) is 1. The molecule has 9 heteroatoms. The lowest BCUT2D eigenvalue weighted by molar-refractivity contribution is -0.119. The molecule has 2 aromatic carbocycles. The summed E-state index contributed by atoms with van der Waals surface area (Å²) in [5.74, 6) is -0.425. The molecule has 1 aliphatic rings. The zero-order valence-corrected chi connectivity index (χ0v) is 19.4. The van der Waals surface area contributed by atoms with Crippen molar-refractivity contribution in [2.45, 2.75) is 43.1 Å². The molecule has 0 aliphatic heterocycles. The van der Waals surface area contributed by atoms with Crippen LogP contribution in [0.1, 0.15) is 32.1 Å². The molecule has 0 saturated heterocycles. The van der Waals surface area contributed by atoms with Crippen molar-refractivity contribution in [3.05, 3.63) is 58.6 Å². The van der Waals surface area contributed by atoms with Gasteiger partial charge in [-0.05, 0) is 49.6 Å². The Morgan fingerprint density at radius 2 is 1.81 bits per heavy atom. The lowest BCUT2D eigenvalue weighted by Gasteiger charge is -2.25. The Morgan fingerprint density at radius 3 is 2.48 bits per heavy atom. The summed E-state index contributed by atoms with van der Waals surface area (Å²) in [6.45, 7) is 0.571. The zero-order valence-electron chi connectivity index (χ0n) is 17.1. The fraction of sp³-hybridized carbons (Fsp3) is 0.409. The lowest BCUT2D eigenvalue weighted by Crippen LogP contribution is -2.41. The third-order valence-electron chi connectivity index (χ3n) is 5.10. The maximum absolute atomic E-state index is 13.3. The lowest BCUT2D eigenvalue weighted by atomic mass is 10.3. The van der Waals surface area contributed by atoms with Crippen LogP contribution < -0.4 is 9.62 Å². The average molecular weight is 485 g/mol. The molecule has 0 spiro atoms. The summed E-state index contributed by atoms with van der Waals surface area (Å²) in [5.41, 5.74) is 0.189. The molecular formula is C22H26Cl2N2O4S. The molecule has 1 aliphatic carbocycles. The predicted molar refractivity (Wildman–Crippen MR) is 123 cm³/mol. The highest BCUT2D eigenvalue weighted by molar-refractivity contribution is 7.92. The van der Waals surface area contributed by atoms with Crippen LogP contribution in [-0.4, -0.2) is 40.1 Å². The number of ether oxygens (including phenoxy) is 1. The summed E-state index contributed by atoms with van der Waals surface area (Å²) in [6.07, 6.45) is 5.60. The third kappa shape index (κ3) is 6.59.